The van der Waals surface area contributed by atoms with E-state index in [0.717, 1.165) is 22.3 Å². The Kier molecular flexibility index (Phi) is 4.89. The van der Waals surface area contributed by atoms with Crippen LogP contribution in [-0.2, 0) is 11.2 Å². The van der Waals surface area contributed by atoms with Crippen LogP contribution in [0.25, 0.3) is 22.5 Å². The SMILES string of the molecule is Cc1c(C(C)NC(=O)CCc2nc(-c3ccccn3)no2)oc2ccccc12. The van der Waals surface area contributed by atoms with Crippen molar-refractivity contribution < 1.29 is 13.7 Å². The summed E-state index contributed by atoms with van der Waals surface area (Å²) < 4.78 is 11.1. The van der Waals surface area contributed by atoms with Crippen LogP contribution in [0.4, 0.5) is 0 Å². The monoisotopic (exact) mass is 376 g/mol. The summed E-state index contributed by atoms with van der Waals surface area (Å²) in [6.45, 7) is 3.91. The van der Waals surface area contributed by atoms with Crippen molar-refractivity contribution in [3.63, 3.8) is 0 Å². The van der Waals surface area contributed by atoms with Crippen molar-refractivity contribution in [2.75, 3.05) is 0 Å². The fraction of sp³-hybridized carbons (Fsp3) is 0.238. The molecule has 0 aliphatic carbocycles. The average molecular weight is 376 g/mol. The van der Waals surface area contributed by atoms with Crippen LogP contribution in [0.15, 0.2) is 57.6 Å². The van der Waals surface area contributed by atoms with Crippen LogP contribution in [0.5, 0.6) is 0 Å². The molecule has 0 saturated carbocycles. The second-order valence-corrected chi connectivity index (χ2v) is 6.60. The Labute approximate surface area is 161 Å². The summed E-state index contributed by atoms with van der Waals surface area (Å²) in [6.07, 6.45) is 2.27. The summed E-state index contributed by atoms with van der Waals surface area (Å²) in [5.41, 5.74) is 2.50. The molecule has 1 unspecified atom stereocenters. The van der Waals surface area contributed by atoms with Gasteiger partial charge >= 0.3 is 0 Å². The van der Waals surface area contributed by atoms with Crippen molar-refractivity contribution in [2.24, 2.45) is 0 Å². The molecule has 4 aromatic rings. The van der Waals surface area contributed by atoms with Gasteiger partial charge < -0.3 is 14.3 Å². The average Bonchev–Trinajstić information content (AvgIpc) is 3.32. The van der Waals surface area contributed by atoms with E-state index in [1.807, 2.05) is 50.2 Å². The van der Waals surface area contributed by atoms with E-state index in [1.54, 1.807) is 12.3 Å². The molecule has 4 rings (SSSR count). The van der Waals surface area contributed by atoms with Crippen molar-refractivity contribution in [3.05, 3.63) is 65.9 Å². The van der Waals surface area contributed by atoms with Gasteiger partial charge in [0.15, 0.2) is 0 Å². The third kappa shape index (κ3) is 3.64. The summed E-state index contributed by atoms with van der Waals surface area (Å²) in [5, 5.41) is 7.95. The van der Waals surface area contributed by atoms with E-state index >= 15 is 0 Å². The molecule has 0 radical (unpaired) electrons. The van der Waals surface area contributed by atoms with E-state index in [4.69, 9.17) is 8.94 Å². The Hall–Kier alpha value is -3.48. The van der Waals surface area contributed by atoms with Gasteiger partial charge in [0.2, 0.25) is 17.6 Å². The second kappa shape index (κ2) is 7.64. The molecule has 7 nitrogen and oxygen atoms in total. The first kappa shape index (κ1) is 17.9. The molecule has 0 aliphatic heterocycles. The van der Waals surface area contributed by atoms with Crippen molar-refractivity contribution in [1.82, 2.24) is 20.4 Å². The number of carbonyl (C=O) groups is 1. The van der Waals surface area contributed by atoms with Crippen LogP contribution in [0, 0.1) is 6.92 Å². The van der Waals surface area contributed by atoms with Gasteiger partial charge in [0.1, 0.15) is 17.0 Å². The van der Waals surface area contributed by atoms with E-state index < -0.39 is 0 Å². The number of hydrogen-bond donors (Lipinski definition) is 1. The number of furan rings is 1. The zero-order valence-corrected chi connectivity index (χ0v) is 15.7. The predicted molar refractivity (Wildman–Crippen MR) is 103 cm³/mol. The third-order valence-electron chi connectivity index (χ3n) is 4.58. The first-order chi connectivity index (χ1) is 13.6. The van der Waals surface area contributed by atoms with Crippen LogP contribution in [-0.4, -0.2) is 21.0 Å². The highest BCUT2D eigenvalue weighted by Crippen LogP contribution is 2.29. The number of nitrogens with zero attached hydrogens (tertiary/aromatic N) is 3. The lowest BCUT2D eigenvalue weighted by atomic mass is 10.1. The zero-order valence-electron chi connectivity index (χ0n) is 15.7. The summed E-state index contributed by atoms with van der Waals surface area (Å²) in [6, 6.07) is 13.1. The van der Waals surface area contributed by atoms with Gasteiger partial charge in [0.05, 0.1) is 6.04 Å². The molecule has 3 heterocycles. The Balaban J connectivity index is 1.36. The first-order valence-electron chi connectivity index (χ1n) is 9.13. The van der Waals surface area contributed by atoms with Crippen LogP contribution in [0.3, 0.4) is 0 Å². The fourth-order valence-corrected chi connectivity index (χ4v) is 3.16. The summed E-state index contributed by atoms with van der Waals surface area (Å²) in [7, 11) is 0. The number of fused-ring (bicyclic) bond motifs is 1. The summed E-state index contributed by atoms with van der Waals surface area (Å²) in [4.78, 5) is 20.8. The van der Waals surface area contributed by atoms with Gasteiger partial charge in [-0.3, -0.25) is 9.78 Å². The van der Waals surface area contributed by atoms with Crippen molar-refractivity contribution in [3.8, 4) is 11.5 Å². The normalized spacial score (nSPS) is 12.2. The zero-order chi connectivity index (χ0) is 19.5. The predicted octanol–water partition coefficient (Wildman–Crippen LogP) is 4.00. The Bertz CT molecular complexity index is 1100. The number of amides is 1. The number of rotatable bonds is 6. The topological polar surface area (TPSA) is 94.1 Å². The Morgan fingerprint density at radius 2 is 2.00 bits per heavy atom. The maximum Gasteiger partial charge on any atom is 0.227 e. The number of carbonyl (C=O) groups excluding carboxylic acids is 1. The van der Waals surface area contributed by atoms with Crippen LogP contribution in [0.2, 0.25) is 0 Å². The van der Waals surface area contributed by atoms with Gasteiger partial charge in [-0.05, 0) is 32.0 Å². The highest BCUT2D eigenvalue weighted by Gasteiger charge is 2.19. The smallest absolute Gasteiger partial charge is 0.227 e. The van der Waals surface area contributed by atoms with Gasteiger partial charge in [-0.25, -0.2) is 0 Å². The molecule has 0 aliphatic rings. The number of aryl methyl sites for hydroxylation is 2. The Morgan fingerprint density at radius 1 is 1.18 bits per heavy atom. The quantitative estimate of drug-likeness (QED) is 0.547. The molecule has 1 atom stereocenters. The van der Waals surface area contributed by atoms with Gasteiger partial charge in [0.25, 0.3) is 0 Å². The van der Waals surface area contributed by atoms with Crippen LogP contribution in [0.1, 0.15) is 36.6 Å². The molecule has 0 fully saturated rings. The molecule has 0 bridgehead atoms. The van der Waals surface area contributed by atoms with Crippen molar-refractivity contribution in [2.45, 2.75) is 32.7 Å². The number of nitrogens with one attached hydrogen (secondary N) is 1. The molecule has 142 valence electrons. The third-order valence-corrected chi connectivity index (χ3v) is 4.58. The summed E-state index contributed by atoms with van der Waals surface area (Å²) >= 11 is 0. The highest BCUT2D eigenvalue weighted by atomic mass is 16.5. The molecule has 1 aromatic carbocycles. The van der Waals surface area contributed by atoms with E-state index in [1.165, 1.54) is 0 Å². The molecule has 0 spiro atoms. The van der Waals surface area contributed by atoms with Crippen molar-refractivity contribution in [1.29, 1.82) is 0 Å². The van der Waals surface area contributed by atoms with E-state index in [-0.39, 0.29) is 18.4 Å². The van der Waals surface area contributed by atoms with E-state index in [2.05, 4.69) is 20.4 Å². The number of para-hydroxylation sites is 1. The second-order valence-electron chi connectivity index (χ2n) is 6.60. The lowest BCUT2D eigenvalue weighted by Crippen LogP contribution is -2.27. The number of aromatic nitrogens is 3. The standard InChI is InChI=1S/C21H20N4O3/c1-13-15-7-3-4-9-17(15)27-20(13)14(2)23-18(26)10-11-19-24-21(25-28-19)16-8-5-6-12-22-16/h3-9,12,14H,10-11H2,1-2H3,(H,23,26). The molecule has 0 saturated heterocycles. The van der Waals surface area contributed by atoms with Crippen LogP contribution < -0.4 is 5.32 Å². The first-order valence-corrected chi connectivity index (χ1v) is 9.13. The maximum atomic E-state index is 12.3. The maximum absolute atomic E-state index is 12.3. The van der Waals surface area contributed by atoms with E-state index in [9.17, 15) is 4.79 Å². The minimum absolute atomic E-state index is 0.107. The lowest BCUT2D eigenvalue weighted by molar-refractivity contribution is -0.121. The van der Waals surface area contributed by atoms with Crippen LogP contribution >= 0.6 is 0 Å². The molecule has 7 heteroatoms. The van der Waals surface area contributed by atoms with Gasteiger partial charge in [-0.1, -0.05) is 29.4 Å². The Morgan fingerprint density at radius 3 is 2.79 bits per heavy atom. The number of pyridine rings is 1. The summed E-state index contributed by atoms with van der Waals surface area (Å²) in [5.74, 6) is 1.49. The highest BCUT2D eigenvalue weighted by molar-refractivity contribution is 5.82. The van der Waals surface area contributed by atoms with Gasteiger partial charge in [0, 0.05) is 30.0 Å². The molecule has 1 amide bonds. The van der Waals surface area contributed by atoms with Gasteiger partial charge in [-0.15, -0.1) is 0 Å². The van der Waals surface area contributed by atoms with Gasteiger partial charge in [-0.2, -0.15) is 4.98 Å². The fourth-order valence-electron chi connectivity index (χ4n) is 3.16. The number of hydrogen-bond acceptors (Lipinski definition) is 6. The minimum Gasteiger partial charge on any atom is -0.459 e. The molecule has 3 aromatic heterocycles. The largest absolute Gasteiger partial charge is 0.459 e. The molecule has 1 N–H and O–H groups in total. The number of benzene rings is 1. The molecular formula is C21H20N4O3. The molecular weight excluding hydrogens is 356 g/mol. The minimum atomic E-state index is -0.230. The molecule has 28 heavy (non-hydrogen) atoms. The lowest BCUT2D eigenvalue weighted by Gasteiger charge is -2.12. The van der Waals surface area contributed by atoms with E-state index in [0.29, 0.717) is 23.8 Å². The van der Waals surface area contributed by atoms with Crippen molar-refractivity contribution >= 4 is 16.9 Å².